The Labute approximate surface area is 151 Å². The van der Waals surface area contributed by atoms with Crippen molar-refractivity contribution in [2.75, 3.05) is 5.32 Å². The Morgan fingerprint density at radius 1 is 1.07 bits per heavy atom. The summed E-state index contributed by atoms with van der Waals surface area (Å²) in [6.45, 7) is -1.00. The van der Waals surface area contributed by atoms with Crippen LogP contribution in [-0.4, -0.2) is 15.4 Å². The summed E-state index contributed by atoms with van der Waals surface area (Å²) < 4.78 is 77.6. The summed E-state index contributed by atoms with van der Waals surface area (Å²) in [4.78, 5) is 33.1. The molecule has 1 amide bonds. The maximum atomic E-state index is 13.1. The summed E-state index contributed by atoms with van der Waals surface area (Å²) >= 11 is 0. The van der Waals surface area contributed by atoms with Crippen LogP contribution >= 0.6 is 0 Å². The summed E-state index contributed by atoms with van der Waals surface area (Å²) in [6.07, 6.45) is -9.50. The molecule has 0 aliphatic rings. The van der Waals surface area contributed by atoms with Gasteiger partial charge < -0.3 is 9.88 Å². The number of hydrogen-bond donors (Lipinski definition) is 1. The van der Waals surface area contributed by atoms with Gasteiger partial charge in [-0.3, -0.25) is 19.7 Å². The van der Waals surface area contributed by atoms with E-state index in [0.29, 0.717) is 35.0 Å². The number of nitrogens with zero attached hydrogens (tertiary/aromatic N) is 2. The minimum absolute atomic E-state index is 0.200. The number of anilines is 1. The normalized spacial score (nSPS) is 11.9. The number of hydrogen-bond acceptors (Lipinski definition) is 4. The number of nitrogens with one attached hydrogen (secondary N) is 1. The predicted molar refractivity (Wildman–Crippen MR) is 82.4 cm³/mol. The lowest BCUT2D eigenvalue weighted by atomic mass is 10.1. The molecule has 13 heteroatoms. The van der Waals surface area contributed by atoms with Gasteiger partial charge in [-0.2, -0.15) is 26.3 Å². The number of nitro benzene ring substituents is 1. The van der Waals surface area contributed by atoms with Gasteiger partial charge >= 0.3 is 12.4 Å². The maximum absolute atomic E-state index is 13.1. The fourth-order valence-electron chi connectivity index (χ4n) is 2.16. The van der Waals surface area contributed by atoms with Crippen molar-refractivity contribution in [1.82, 2.24) is 4.57 Å². The number of carbonyl (C=O) groups excluding carboxylic acids is 1. The smallest absolute Gasteiger partial charge is 0.324 e. The molecule has 1 heterocycles. The first-order valence-electron chi connectivity index (χ1n) is 7.22. The number of benzene rings is 1. The molecule has 0 aliphatic heterocycles. The Morgan fingerprint density at radius 2 is 1.71 bits per heavy atom. The van der Waals surface area contributed by atoms with Gasteiger partial charge in [0.2, 0.25) is 5.91 Å². The van der Waals surface area contributed by atoms with Crippen molar-refractivity contribution in [1.29, 1.82) is 0 Å². The van der Waals surface area contributed by atoms with Crippen LogP contribution < -0.4 is 10.9 Å². The molecule has 0 saturated carbocycles. The third kappa shape index (κ3) is 4.86. The van der Waals surface area contributed by atoms with Gasteiger partial charge in [0.05, 0.1) is 21.7 Å². The molecule has 0 bridgehead atoms. The standard InChI is InChI=1S/C15H9F6N3O4/c16-14(17,18)8-1-4-13(26)23(6-8)7-12(25)22-11-3-2-9(24(27)28)5-10(11)15(19,20)21/h1-6H,7H2,(H,22,25). The van der Waals surface area contributed by atoms with Gasteiger partial charge in [-0.25, -0.2) is 0 Å². The number of aromatic nitrogens is 1. The highest BCUT2D eigenvalue weighted by Crippen LogP contribution is 2.37. The predicted octanol–water partition coefficient (Wildman–Crippen LogP) is 3.43. The highest BCUT2D eigenvalue weighted by Gasteiger charge is 2.36. The molecule has 0 radical (unpaired) electrons. The number of nitro groups is 1. The van der Waals surface area contributed by atoms with E-state index < -0.39 is 57.8 Å². The fourth-order valence-corrected chi connectivity index (χ4v) is 2.16. The number of alkyl halides is 6. The molecule has 2 rings (SSSR count). The average molecular weight is 409 g/mol. The average Bonchev–Trinajstić information content (AvgIpc) is 2.55. The summed E-state index contributed by atoms with van der Waals surface area (Å²) in [5, 5.41) is 12.4. The lowest BCUT2D eigenvalue weighted by Crippen LogP contribution is -2.28. The summed E-state index contributed by atoms with van der Waals surface area (Å²) in [5.41, 5.74) is -5.46. The van der Waals surface area contributed by atoms with Gasteiger partial charge in [0, 0.05) is 24.4 Å². The highest BCUT2D eigenvalue weighted by atomic mass is 19.4. The van der Waals surface area contributed by atoms with E-state index in [2.05, 4.69) is 0 Å². The third-order valence-electron chi connectivity index (χ3n) is 3.42. The summed E-state index contributed by atoms with van der Waals surface area (Å²) in [5.74, 6) is -1.24. The van der Waals surface area contributed by atoms with Crippen LogP contribution in [0.5, 0.6) is 0 Å². The molecule has 1 aromatic heterocycles. The Hall–Kier alpha value is -3.38. The largest absolute Gasteiger partial charge is 0.418 e. The molecule has 1 N–H and O–H groups in total. The van der Waals surface area contributed by atoms with Gasteiger partial charge in [-0.1, -0.05) is 0 Å². The van der Waals surface area contributed by atoms with Crippen molar-refractivity contribution in [3.63, 3.8) is 0 Å². The lowest BCUT2D eigenvalue weighted by Gasteiger charge is -2.14. The van der Waals surface area contributed by atoms with Crippen LogP contribution in [0.25, 0.3) is 0 Å². The van der Waals surface area contributed by atoms with E-state index in [-0.39, 0.29) is 6.07 Å². The highest BCUT2D eigenvalue weighted by molar-refractivity contribution is 5.91. The SMILES string of the molecule is O=C(Cn1cc(C(F)(F)F)ccc1=O)Nc1ccc([N+](=O)[O-])cc1C(F)(F)F. The monoisotopic (exact) mass is 409 g/mol. The molecule has 28 heavy (non-hydrogen) atoms. The lowest BCUT2D eigenvalue weighted by molar-refractivity contribution is -0.385. The van der Waals surface area contributed by atoms with Gasteiger partial charge in [-0.05, 0) is 12.1 Å². The second-order valence-corrected chi connectivity index (χ2v) is 5.41. The zero-order valence-corrected chi connectivity index (χ0v) is 13.5. The molecule has 0 atom stereocenters. The summed E-state index contributed by atoms with van der Waals surface area (Å²) in [7, 11) is 0. The van der Waals surface area contributed by atoms with E-state index in [9.17, 15) is 46.0 Å². The first kappa shape index (κ1) is 20.9. The molecular formula is C15H9F6N3O4. The number of pyridine rings is 1. The Morgan fingerprint density at radius 3 is 2.25 bits per heavy atom. The van der Waals surface area contributed by atoms with E-state index in [1.165, 1.54) is 0 Å². The van der Waals surface area contributed by atoms with Gasteiger partial charge in [0.15, 0.2) is 0 Å². The van der Waals surface area contributed by atoms with E-state index in [1.807, 2.05) is 0 Å². The number of carbonyl (C=O) groups is 1. The van der Waals surface area contributed by atoms with Gasteiger partial charge in [0.25, 0.3) is 11.2 Å². The van der Waals surface area contributed by atoms with Crippen molar-refractivity contribution in [2.24, 2.45) is 0 Å². The van der Waals surface area contributed by atoms with Crippen LogP contribution in [0.15, 0.2) is 41.3 Å². The minimum Gasteiger partial charge on any atom is -0.324 e. The van der Waals surface area contributed by atoms with Crippen LogP contribution in [0, 0.1) is 10.1 Å². The van der Waals surface area contributed by atoms with Crippen LogP contribution in [0.3, 0.4) is 0 Å². The number of non-ortho nitro benzene ring substituents is 1. The molecule has 150 valence electrons. The molecular weight excluding hydrogens is 400 g/mol. The first-order valence-corrected chi connectivity index (χ1v) is 7.22. The molecule has 0 aliphatic carbocycles. The fraction of sp³-hybridized carbons (Fsp3) is 0.200. The molecule has 0 fully saturated rings. The molecule has 0 saturated heterocycles. The quantitative estimate of drug-likeness (QED) is 0.476. The molecule has 0 spiro atoms. The Bertz CT molecular complexity index is 981. The maximum Gasteiger partial charge on any atom is 0.418 e. The zero-order chi connectivity index (χ0) is 21.3. The Balaban J connectivity index is 2.31. The molecule has 1 aromatic carbocycles. The van der Waals surface area contributed by atoms with Crippen LogP contribution in [-0.2, 0) is 23.7 Å². The van der Waals surface area contributed by atoms with Crippen LogP contribution in [0.1, 0.15) is 11.1 Å². The zero-order valence-electron chi connectivity index (χ0n) is 13.5. The molecule has 7 nitrogen and oxygen atoms in total. The van der Waals surface area contributed by atoms with Crippen molar-refractivity contribution in [3.8, 4) is 0 Å². The topological polar surface area (TPSA) is 94.2 Å². The second-order valence-electron chi connectivity index (χ2n) is 5.41. The van der Waals surface area contributed by atoms with Crippen molar-refractivity contribution in [3.05, 3.63) is 68.1 Å². The van der Waals surface area contributed by atoms with Crippen molar-refractivity contribution >= 4 is 17.3 Å². The molecule has 0 unspecified atom stereocenters. The number of halogens is 6. The van der Waals surface area contributed by atoms with Gasteiger partial charge in [-0.15, -0.1) is 0 Å². The van der Waals surface area contributed by atoms with Crippen molar-refractivity contribution in [2.45, 2.75) is 18.9 Å². The van der Waals surface area contributed by atoms with E-state index >= 15 is 0 Å². The Kier molecular flexibility index (Phi) is 5.47. The third-order valence-corrected chi connectivity index (χ3v) is 3.42. The van der Waals surface area contributed by atoms with E-state index in [1.54, 1.807) is 5.32 Å². The van der Waals surface area contributed by atoms with E-state index in [4.69, 9.17) is 0 Å². The number of amides is 1. The summed E-state index contributed by atoms with van der Waals surface area (Å²) in [6, 6.07) is 2.60. The van der Waals surface area contributed by atoms with Crippen molar-refractivity contribution < 1.29 is 36.1 Å². The second kappa shape index (κ2) is 7.32. The van der Waals surface area contributed by atoms with Crippen LogP contribution in [0.4, 0.5) is 37.7 Å². The first-order chi connectivity index (χ1) is 12.8. The van der Waals surface area contributed by atoms with E-state index in [0.717, 1.165) is 0 Å². The number of rotatable bonds is 4. The van der Waals surface area contributed by atoms with Gasteiger partial charge in [0.1, 0.15) is 6.54 Å². The minimum atomic E-state index is -5.05. The van der Waals surface area contributed by atoms with Crippen LogP contribution in [0.2, 0.25) is 0 Å². The molecule has 2 aromatic rings.